The zero-order valence-corrected chi connectivity index (χ0v) is 22.1. The Labute approximate surface area is 204 Å². The molecule has 0 aromatic heterocycles. The van der Waals surface area contributed by atoms with Crippen LogP contribution in [0.2, 0.25) is 0 Å². The summed E-state index contributed by atoms with van der Waals surface area (Å²) in [5.41, 5.74) is 11.2. The average molecular weight is 481 g/mol. The number of halogens is 2. The first kappa shape index (κ1) is 27.0. The van der Waals surface area contributed by atoms with E-state index in [2.05, 4.69) is 99.0 Å². The summed E-state index contributed by atoms with van der Waals surface area (Å²) >= 11 is -0.354. The molecule has 0 radical (unpaired) electrons. The van der Waals surface area contributed by atoms with Crippen LogP contribution in [0.3, 0.4) is 0 Å². The molecule has 1 atom stereocenters. The number of aryl methyl sites for hydroxylation is 3. The van der Waals surface area contributed by atoms with Crippen molar-refractivity contribution in [2.45, 2.75) is 38.3 Å². The number of benzene rings is 2. The van der Waals surface area contributed by atoms with E-state index in [0.29, 0.717) is 4.22 Å². The summed E-state index contributed by atoms with van der Waals surface area (Å²) in [6.45, 7) is 10.0. The van der Waals surface area contributed by atoms with Crippen molar-refractivity contribution in [2.75, 3.05) is 24.4 Å². The molecule has 0 aliphatic heterocycles. The monoisotopic (exact) mass is 480 g/mol. The van der Waals surface area contributed by atoms with Gasteiger partial charge in [0.2, 0.25) is 0 Å². The summed E-state index contributed by atoms with van der Waals surface area (Å²) in [7, 11) is 4.27. The Morgan fingerprint density at radius 2 is 1.67 bits per heavy atom. The van der Waals surface area contributed by atoms with Crippen molar-refractivity contribution in [1.29, 1.82) is 0 Å². The minimum absolute atomic E-state index is 0. The topological polar surface area (TPSA) is 15.3 Å². The quantitative estimate of drug-likeness (QED) is 0.433. The van der Waals surface area contributed by atoms with Crippen molar-refractivity contribution < 1.29 is 19.4 Å². The van der Waals surface area contributed by atoms with Crippen molar-refractivity contribution in [3.8, 4) is 0 Å². The van der Waals surface area contributed by atoms with Crippen LogP contribution in [0.4, 0.5) is 5.69 Å². The van der Waals surface area contributed by atoms with Crippen molar-refractivity contribution in [2.24, 2.45) is 0 Å². The summed E-state index contributed by atoms with van der Waals surface area (Å²) in [5.74, 6) is 0. The van der Waals surface area contributed by atoms with Gasteiger partial charge in [0, 0.05) is 0 Å². The molecule has 3 rings (SSSR count). The molecule has 5 heteroatoms. The summed E-state index contributed by atoms with van der Waals surface area (Å²) in [6.07, 6.45) is 5.83. The predicted octanol–water partition coefficient (Wildman–Crippen LogP) is 6.90. The van der Waals surface area contributed by atoms with Gasteiger partial charge in [-0.15, -0.1) is 24.8 Å². The number of hydrogen-bond acceptors (Lipinski definition) is 2. The first-order valence-corrected chi connectivity index (χ1v) is 11.8. The van der Waals surface area contributed by atoms with Crippen LogP contribution in [0.1, 0.15) is 45.4 Å². The second kappa shape index (κ2) is 12.1. The van der Waals surface area contributed by atoms with E-state index < -0.39 is 0 Å². The van der Waals surface area contributed by atoms with Gasteiger partial charge in [-0.05, 0) is 0 Å². The fourth-order valence-corrected chi connectivity index (χ4v) is 5.86. The van der Waals surface area contributed by atoms with E-state index >= 15 is 0 Å². The molecule has 1 unspecified atom stereocenters. The van der Waals surface area contributed by atoms with Crippen LogP contribution in [-0.4, -0.2) is 25.5 Å². The molecule has 2 aromatic rings. The Balaban J connectivity index is 0.00000225. The van der Waals surface area contributed by atoms with E-state index in [1.165, 1.54) is 44.7 Å². The molecular weight excluding hydrogens is 447 g/mol. The zero-order valence-electron chi connectivity index (χ0n) is 18.9. The number of anilines is 1. The summed E-state index contributed by atoms with van der Waals surface area (Å²) < 4.78 is 4.41. The van der Waals surface area contributed by atoms with Crippen LogP contribution in [0.15, 0.2) is 54.1 Å². The molecule has 2 nitrogen and oxygen atoms in total. The fourth-order valence-electron chi connectivity index (χ4n) is 4.05. The van der Waals surface area contributed by atoms with Crippen LogP contribution in [0, 0.1) is 20.8 Å². The van der Waals surface area contributed by atoms with E-state index in [1.54, 1.807) is 0 Å². The molecule has 0 bridgehead atoms. The zero-order chi connectivity index (χ0) is 20.3. The molecule has 162 valence electrons. The number of nitrogens with one attached hydrogen (secondary N) is 1. The third kappa shape index (κ3) is 6.74. The molecule has 0 spiro atoms. The second-order valence-corrected chi connectivity index (χ2v) is 10.4. The average Bonchev–Trinajstić information content (AvgIpc) is 3.08. The van der Waals surface area contributed by atoms with Gasteiger partial charge in [0.15, 0.2) is 0 Å². The van der Waals surface area contributed by atoms with Gasteiger partial charge < -0.3 is 0 Å². The van der Waals surface area contributed by atoms with Gasteiger partial charge in [-0.2, -0.15) is 0 Å². The van der Waals surface area contributed by atoms with Crippen LogP contribution in [0.25, 0.3) is 5.57 Å². The molecular formula is C25H34Cl2N2Ti. The van der Waals surface area contributed by atoms with Gasteiger partial charge in [0.05, 0.1) is 0 Å². The Morgan fingerprint density at radius 1 is 1.03 bits per heavy atom. The number of hydrogen-bond donors (Lipinski definition) is 1. The van der Waals surface area contributed by atoms with Crippen molar-refractivity contribution in [3.63, 3.8) is 0 Å². The first-order valence-electron chi connectivity index (χ1n) is 10.1. The Bertz CT molecular complexity index is 896. The van der Waals surface area contributed by atoms with E-state index in [-0.39, 0.29) is 44.2 Å². The number of allylic oxidation sites excluding steroid dienone is 2. The summed E-state index contributed by atoms with van der Waals surface area (Å²) in [5, 5.41) is 0. The third-order valence-corrected chi connectivity index (χ3v) is 7.08. The van der Waals surface area contributed by atoms with Crippen LogP contribution in [0.5, 0.6) is 0 Å². The number of nitrogens with zero attached hydrogens (tertiary/aromatic N) is 1. The van der Waals surface area contributed by atoms with Gasteiger partial charge in [-0.3, -0.25) is 0 Å². The normalized spacial score (nSPS) is 13.7. The van der Waals surface area contributed by atoms with Crippen molar-refractivity contribution in [3.05, 3.63) is 81.9 Å². The molecule has 0 saturated heterocycles. The molecule has 0 saturated carbocycles. The Hall–Kier alpha value is -1.03. The maximum atomic E-state index is 3.85. The predicted molar refractivity (Wildman–Crippen MR) is 133 cm³/mol. The molecule has 1 aliphatic carbocycles. The molecule has 0 heterocycles. The first-order chi connectivity index (χ1) is 13.3. The van der Waals surface area contributed by atoms with Gasteiger partial charge in [-0.25, -0.2) is 0 Å². The minimum atomic E-state index is -0.354. The maximum absolute atomic E-state index is 3.85. The summed E-state index contributed by atoms with van der Waals surface area (Å²) in [6, 6.07) is 13.6. The number of likely N-dealkylation sites (N-methyl/N-ethyl adjacent to an activating group) is 1. The standard InChI is InChI=1S/C16H20N.C9H12N.2ClH.Ti/c1-4-14-7-5-6-8-16(14)15-10-9-13(11-15)12-17(2)3;1-6-4-7(2)9(10)8(3)5-6;;;/h4-9,11H,10,12H2,1-3H3;4-5,10H,1-3H3;2*1H;/q;-1;;;+1. The molecule has 2 aromatic carbocycles. The Morgan fingerprint density at radius 3 is 2.30 bits per heavy atom. The SMILES string of the molecule is Cc1cc(C)c([NH][Ti][CH](C)c2ccccc2C2=CC(CN(C)C)=CC2)c(C)c1.Cl.Cl. The fraction of sp³-hybridized carbons (Fsp3) is 0.360. The summed E-state index contributed by atoms with van der Waals surface area (Å²) in [4.78, 5) is 2.24. The minimum Gasteiger partial charge on any atom is -0.147 e. The smallest absolute Gasteiger partial charge is 0.147 e. The molecule has 30 heavy (non-hydrogen) atoms. The second-order valence-electron chi connectivity index (χ2n) is 8.24. The maximum Gasteiger partial charge on any atom is -0.147 e. The molecule has 1 N–H and O–H groups in total. The Kier molecular flexibility index (Phi) is 10.9. The van der Waals surface area contributed by atoms with E-state index in [1.807, 2.05) is 0 Å². The van der Waals surface area contributed by atoms with Crippen LogP contribution >= 0.6 is 24.8 Å². The van der Waals surface area contributed by atoms with Gasteiger partial charge in [0.25, 0.3) is 0 Å². The molecule has 0 amide bonds. The van der Waals surface area contributed by atoms with E-state index in [9.17, 15) is 0 Å². The van der Waals surface area contributed by atoms with E-state index in [0.717, 1.165) is 13.0 Å². The van der Waals surface area contributed by atoms with Gasteiger partial charge in [-0.1, -0.05) is 0 Å². The largest absolute Gasteiger partial charge is 0.147 e. The van der Waals surface area contributed by atoms with Crippen LogP contribution < -0.4 is 3.80 Å². The van der Waals surface area contributed by atoms with Crippen molar-refractivity contribution in [1.82, 2.24) is 4.90 Å². The van der Waals surface area contributed by atoms with E-state index in [4.69, 9.17) is 0 Å². The third-order valence-electron chi connectivity index (χ3n) is 5.31. The van der Waals surface area contributed by atoms with Gasteiger partial charge >= 0.3 is 180 Å². The number of rotatable bonds is 7. The van der Waals surface area contributed by atoms with Crippen molar-refractivity contribution >= 4 is 36.1 Å². The van der Waals surface area contributed by atoms with Gasteiger partial charge in [0.1, 0.15) is 0 Å². The molecule has 0 fully saturated rings. The molecule has 1 aliphatic rings. The van der Waals surface area contributed by atoms with Crippen LogP contribution in [-0.2, 0) is 19.4 Å².